The maximum atomic E-state index is 11.0. The summed E-state index contributed by atoms with van der Waals surface area (Å²) in [6, 6.07) is 7.47. The minimum atomic E-state index is -0.125. The van der Waals surface area contributed by atoms with Crippen LogP contribution in [0.25, 0.3) is 5.57 Å². The van der Waals surface area contributed by atoms with E-state index < -0.39 is 0 Å². The number of hydrogen-bond acceptors (Lipinski definition) is 1. The van der Waals surface area contributed by atoms with E-state index in [1.807, 2.05) is 24.3 Å². The van der Waals surface area contributed by atoms with Gasteiger partial charge in [-0.3, -0.25) is 4.79 Å². The first-order chi connectivity index (χ1) is 6.66. The first kappa shape index (κ1) is 9.03. The maximum Gasteiger partial charge on any atom is 0.249 e. The van der Waals surface area contributed by atoms with E-state index in [4.69, 9.17) is 11.6 Å². The molecule has 0 aromatic heterocycles. The van der Waals surface area contributed by atoms with Crippen molar-refractivity contribution in [3.63, 3.8) is 0 Å². The molecule has 1 amide bonds. The van der Waals surface area contributed by atoms with Gasteiger partial charge in [0.1, 0.15) is 0 Å². The molecule has 0 spiro atoms. The number of carbonyl (C=O) groups excluding carboxylic acids is 1. The summed E-state index contributed by atoms with van der Waals surface area (Å²) in [6.07, 6.45) is 1.53. The van der Waals surface area contributed by atoms with Gasteiger partial charge in [0.2, 0.25) is 10.9 Å². The molecule has 0 saturated carbocycles. The summed E-state index contributed by atoms with van der Waals surface area (Å²) >= 11 is 5.04. The van der Waals surface area contributed by atoms with E-state index in [0.29, 0.717) is 5.70 Å². The normalized spacial score (nSPS) is 15.4. The Balaban J connectivity index is 2.45. The summed E-state index contributed by atoms with van der Waals surface area (Å²) in [4.78, 5) is 11.0. The average molecular weight is 207 g/mol. The molecule has 0 bridgehead atoms. The first-order valence-electron chi connectivity index (χ1n) is 4.16. The van der Waals surface area contributed by atoms with Gasteiger partial charge in [-0.2, -0.15) is 0 Å². The Morgan fingerprint density at radius 2 is 2.14 bits per heavy atom. The van der Waals surface area contributed by atoms with E-state index in [1.54, 1.807) is 0 Å². The Labute approximate surface area is 86.9 Å². The van der Waals surface area contributed by atoms with Crippen molar-refractivity contribution in [3.05, 3.63) is 53.2 Å². The van der Waals surface area contributed by atoms with Crippen molar-refractivity contribution in [2.45, 2.75) is 0 Å². The summed E-state index contributed by atoms with van der Waals surface area (Å²) in [7, 11) is 0. The number of rotatable bonds is 1. The molecule has 1 aromatic rings. The number of amides is 1. The molecular weight excluding hydrogens is 198 g/mol. The van der Waals surface area contributed by atoms with E-state index in [-0.39, 0.29) is 5.91 Å². The third kappa shape index (κ3) is 1.56. The lowest BCUT2D eigenvalue weighted by Gasteiger charge is -2.02. The van der Waals surface area contributed by atoms with Crippen molar-refractivity contribution in [1.29, 1.82) is 0 Å². The fraction of sp³-hybridized carbons (Fsp3) is 0. The van der Waals surface area contributed by atoms with Crippen molar-refractivity contribution >= 4 is 11.5 Å². The highest BCUT2D eigenvalue weighted by Crippen LogP contribution is 2.24. The van der Waals surface area contributed by atoms with Gasteiger partial charge in [0.05, 0.1) is 0 Å². The quantitative estimate of drug-likeness (QED) is 0.740. The van der Waals surface area contributed by atoms with E-state index >= 15 is 0 Å². The Hall–Kier alpha value is -1.54. The molecule has 1 aliphatic heterocycles. The number of allylic oxidation sites excluding steroid dienone is 1. The summed E-state index contributed by atoms with van der Waals surface area (Å²) in [5.74, 6) is -0.125. The van der Waals surface area contributed by atoms with Gasteiger partial charge >= 0.3 is 0 Å². The van der Waals surface area contributed by atoms with Gasteiger partial charge in [-0.15, -0.1) is 0 Å². The Morgan fingerprint density at radius 3 is 2.71 bits per heavy atom. The fourth-order valence-corrected chi connectivity index (χ4v) is 1.60. The van der Waals surface area contributed by atoms with Crippen molar-refractivity contribution in [2.24, 2.45) is 0 Å². The van der Waals surface area contributed by atoms with Gasteiger partial charge in [-0.1, -0.05) is 18.7 Å². The zero-order chi connectivity index (χ0) is 10.1. The van der Waals surface area contributed by atoms with Crippen LogP contribution in [0, 0.1) is 11.6 Å². The highest BCUT2D eigenvalue weighted by Gasteiger charge is 2.17. The van der Waals surface area contributed by atoms with Crippen LogP contribution in [0.3, 0.4) is 0 Å². The molecule has 70 valence electrons. The van der Waals surface area contributed by atoms with Gasteiger partial charge in [-0.05, 0) is 5.56 Å². The highest BCUT2D eigenvalue weighted by molar-refractivity contribution is 6.06. The summed E-state index contributed by atoms with van der Waals surface area (Å²) in [6.45, 7) is 3.76. The van der Waals surface area contributed by atoms with Crippen LogP contribution < -0.4 is 5.32 Å². The second kappa shape index (κ2) is 3.31. The van der Waals surface area contributed by atoms with E-state index in [2.05, 4.69) is 11.9 Å². The number of nitrogens with one attached hydrogen (secondary N) is 1. The smallest absolute Gasteiger partial charge is 0.249 e. The zero-order valence-corrected chi connectivity index (χ0v) is 8.23. The number of carbonyl (C=O) groups is 1. The largest absolute Gasteiger partial charge is 0.322 e. The Morgan fingerprint density at radius 1 is 1.36 bits per heavy atom. The summed E-state index contributed by atoms with van der Waals surface area (Å²) in [5.41, 5.74) is 2.39. The second-order valence-electron chi connectivity index (χ2n) is 3.05. The molecule has 0 fully saturated rings. The molecule has 3 heteroatoms. The number of hydrogen-bond donors (Lipinski definition) is 1. The third-order valence-corrected chi connectivity index (χ3v) is 2.27. The highest BCUT2D eigenvalue weighted by atomic mass is 35.5. The summed E-state index contributed by atoms with van der Waals surface area (Å²) in [5, 5.41) is 3.38. The molecule has 2 rings (SSSR count). The van der Waals surface area contributed by atoms with Crippen molar-refractivity contribution in [2.75, 3.05) is 0 Å². The third-order valence-electron chi connectivity index (χ3n) is 2.02. The molecule has 2 nitrogen and oxygen atoms in total. The average Bonchev–Trinajstić information content (AvgIpc) is 2.45. The minimum Gasteiger partial charge on any atom is -0.322 e. The molecule has 1 aromatic carbocycles. The molecule has 0 radical (unpaired) electrons. The maximum absolute atomic E-state index is 11.0. The van der Waals surface area contributed by atoms with E-state index in [1.165, 1.54) is 6.08 Å². The van der Waals surface area contributed by atoms with Crippen LogP contribution in [0.15, 0.2) is 42.6 Å². The minimum absolute atomic E-state index is 0.125. The SMILES string of the molecule is C=C1NC(=O)C=C1c1cccc([ClH+])c1. The van der Waals surface area contributed by atoms with Crippen LogP contribution in [0.5, 0.6) is 0 Å². The van der Waals surface area contributed by atoms with Crippen molar-refractivity contribution in [1.82, 2.24) is 5.32 Å². The number of halogens is 1. The number of benzene rings is 1. The molecular formula is C11H9ClNO+. The standard InChI is InChI=1S/C11H8ClNO/c1-7-10(6-11(14)13-7)8-3-2-4-9(12)5-8/h2-6,12H,1H2/p+1. The van der Waals surface area contributed by atoms with Crippen LogP contribution in [-0.4, -0.2) is 5.91 Å². The lowest BCUT2D eigenvalue weighted by molar-refractivity contribution is -0.288. The molecule has 14 heavy (non-hydrogen) atoms. The fourth-order valence-electron chi connectivity index (χ4n) is 1.39. The predicted octanol–water partition coefficient (Wildman–Crippen LogP) is 1.41. The zero-order valence-electron chi connectivity index (χ0n) is 7.41. The van der Waals surface area contributed by atoms with Crippen LogP contribution >= 0.6 is 0 Å². The predicted molar refractivity (Wildman–Crippen MR) is 52.3 cm³/mol. The first-order valence-corrected chi connectivity index (χ1v) is 4.57. The second-order valence-corrected chi connectivity index (χ2v) is 3.53. The molecule has 1 heterocycles. The van der Waals surface area contributed by atoms with Gasteiger partial charge in [0, 0.05) is 29.5 Å². The van der Waals surface area contributed by atoms with Gasteiger partial charge in [-0.25, -0.2) is 0 Å². The van der Waals surface area contributed by atoms with Crippen LogP contribution in [0.4, 0.5) is 0 Å². The molecule has 0 unspecified atom stereocenters. The van der Waals surface area contributed by atoms with Crippen LogP contribution in [0.1, 0.15) is 5.56 Å². The topological polar surface area (TPSA) is 29.1 Å². The molecule has 1 N–H and O–H groups in total. The van der Waals surface area contributed by atoms with Gasteiger partial charge in [0.25, 0.3) is 0 Å². The van der Waals surface area contributed by atoms with E-state index in [0.717, 1.165) is 16.2 Å². The van der Waals surface area contributed by atoms with Crippen LogP contribution in [-0.2, 0) is 4.79 Å². The molecule has 1 aliphatic rings. The molecule has 0 atom stereocenters. The van der Waals surface area contributed by atoms with Crippen molar-refractivity contribution in [3.8, 4) is 0 Å². The lowest BCUT2D eigenvalue weighted by Crippen LogP contribution is -2.12. The Kier molecular flexibility index (Phi) is 2.14. The lowest BCUT2D eigenvalue weighted by atomic mass is 10.1. The van der Waals surface area contributed by atoms with Crippen LogP contribution in [0.2, 0.25) is 5.02 Å². The van der Waals surface area contributed by atoms with E-state index in [9.17, 15) is 4.79 Å². The monoisotopic (exact) mass is 206 g/mol. The van der Waals surface area contributed by atoms with Gasteiger partial charge < -0.3 is 5.32 Å². The molecule has 0 saturated heterocycles. The molecule has 0 aliphatic carbocycles. The van der Waals surface area contributed by atoms with Gasteiger partial charge in [0.15, 0.2) is 11.6 Å². The summed E-state index contributed by atoms with van der Waals surface area (Å²) < 4.78 is 0. The Bertz CT molecular complexity index is 448. The van der Waals surface area contributed by atoms with Crippen molar-refractivity contribution < 1.29 is 16.4 Å².